The van der Waals surface area contributed by atoms with Crippen LogP contribution in [0.2, 0.25) is 5.02 Å². The summed E-state index contributed by atoms with van der Waals surface area (Å²) in [4.78, 5) is 19.8. The molecular weight excluding hydrogens is 356 g/mol. The number of hydrogen-bond donors (Lipinski definition) is 1. The molecule has 0 radical (unpaired) electrons. The first-order valence-electron chi connectivity index (χ1n) is 8.37. The molecule has 0 aliphatic carbocycles. The summed E-state index contributed by atoms with van der Waals surface area (Å²) in [7, 11) is 0. The van der Waals surface area contributed by atoms with Gasteiger partial charge < -0.3 is 5.73 Å². The maximum atomic E-state index is 11.8. The van der Waals surface area contributed by atoms with E-state index in [4.69, 9.17) is 22.3 Å². The van der Waals surface area contributed by atoms with Crippen LogP contribution in [0.25, 0.3) is 16.2 Å². The minimum absolute atomic E-state index is 0.198. The number of benzene rings is 1. The van der Waals surface area contributed by atoms with Gasteiger partial charge in [-0.15, -0.1) is 11.3 Å². The third-order valence-corrected chi connectivity index (χ3v) is 5.78. The molecule has 0 bridgehead atoms. The molecule has 25 heavy (non-hydrogen) atoms. The number of nitrogens with two attached hydrogens (primary N) is 1. The average molecular weight is 375 g/mol. The Morgan fingerprint density at radius 2 is 2.12 bits per heavy atom. The van der Waals surface area contributed by atoms with E-state index in [2.05, 4.69) is 9.30 Å². The lowest BCUT2D eigenvalue weighted by molar-refractivity contribution is -0.124. The molecule has 3 aromatic rings. The van der Waals surface area contributed by atoms with Gasteiger partial charge in [0.1, 0.15) is 0 Å². The molecular formula is C18H19ClN4OS. The van der Waals surface area contributed by atoms with Crippen LogP contribution in [0, 0.1) is 0 Å². The van der Waals surface area contributed by atoms with Gasteiger partial charge >= 0.3 is 0 Å². The zero-order valence-electron chi connectivity index (χ0n) is 13.7. The molecule has 0 spiro atoms. The van der Waals surface area contributed by atoms with Crippen LogP contribution in [0.15, 0.2) is 35.8 Å². The summed E-state index contributed by atoms with van der Waals surface area (Å²) in [5, 5.41) is 2.73. The molecule has 2 aromatic heterocycles. The summed E-state index contributed by atoms with van der Waals surface area (Å²) >= 11 is 7.63. The standard InChI is InChI=1S/C18H19ClN4OS/c19-13-6-4-12(5-7-13)16-15(23-9-10-25-18(23)21-16)11-22-8-2-1-3-14(22)17(20)24/h4-7,9-10,14H,1-3,8,11H2,(H2,20,24). The van der Waals surface area contributed by atoms with Crippen molar-refractivity contribution in [1.82, 2.24) is 14.3 Å². The lowest BCUT2D eigenvalue weighted by atomic mass is 10.0. The summed E-state index contributed by atoms with van der Waals surface area (Å²) in [6.45, 7) is 1.54. The van der Waals surface area contributed by atoms with Gasteiger partial charge in [0.05, 0.1) is 17.4 Å². The number of hydrogen-bond acceptors (Lipinski definition) is 4. The van der Waals surface area contributed by atoms with Gasteiger partial charge in [-0.2, -0.15) is 0 Å². The van der Waals surface area contributed by atoms with Gasteiger partial charge in [0, 0.05) is 28.7 Å². The second-order valence-electron chi connectivity index (χ2n) is 6.35. The van der Waals surface area contributed by atoms with Crippen LogP contribution in [0.4, 0.5) is 0 Å². The number of piperidine rings is 1. The molecule has 1 saturated heterocycles. The predicted molar refractivity (Wildman–Crippen MR) is 101 cm³/mol. The highest BCUT2D eigenvalue weighted by Gasteiger charge is 2.29. The summed E-state index contributed by atoms with van der Waals surface area (Å²) in [6.07, 6.45) is 5.00. The van der Waals surface area contributed by atoms with Crippen LogP contribution in [-0.4, -0.2) is 32.8 Å². The van der Waals surface area contributed by atoms with E-state index in [1.807, 2.05) is 35.8 Å². The summed E-state index contributed by atoms with van der Waals surface area (Å²) in [5.41, 5.74) is 8.69. The third kappa shape index (κ3) is 3.17. The van der Waals surface area contributed by atoms with Crippen molar-refractivity contribution in [3.8, 4) is 11.3 Å². The van der Waals surface area contributed by atoms with E-state index in [0.29, 0.717) is 11.6 Å². The number of likely N-dealkylation sites (tertiary alicyclic amines) is 1. The monoisotopic (exact) mass is 374 g/mol. The maximum absolute atomic E-state index is 11.8. The number of amides is 1. The fourth-order valence-electron chi connectivity index (χ4n) is 3.52. The first kappa shape index (κ1) is 16.6. The fraction of sp³-hybridized carbons (Fsp3) is 0.333. The van der Waals surface area contributed by atoms with Crippen LogP contribution in [0.1, 0.15) is 25.0 Å². The Labute approximate surface area is 155 Å². The van der Waals surface area contributed by atoms with Crippen molar-refractivity contribution in [2.75, 3.05) is 6.54 Å². The van der Waals surface area contributed by atoms with E-state index in [0.717, 1.165) is 47.7 Å². The zero-order chi connectivity index (χ0) is 17.4. The molecule has 7 heteroatoms. The number of thiazole rings is 1. The van der Waals surface area contributed by atoms with Crippen molar-refractivity contribution in [3.05, 3.63) is 46.6 Å². The van der Waals surface area contributed by atoms with E-state index >= 15 is 0 Å². The molecule has 1 fully saturated rings. The van der Waals surface area contributed by atoms with Crippen molar-refractivity contribution in [3.63, 3.8) is 0 Å². The minimum atomic E-state index is -0.237. The van der Waals surface area contributed by atoms with Crippen LogP contribution >= 0.6 is 22.9 Å². The summed E-state index contributed by atoms with van der Waals surface area (Å²) < 4.78 is 2.11. The molecule has 3 heterocycles. The summed E-state index contributed by atoms with van der Waals surface area (Å²) in [6, 6.07) is 7.53. The van der Waals surface area contributed by atoms with E-state index in [1.165, 1.54) is 0 Å². The van der Waals surface area contributed by atoms with E-state index < -0.39 is 0 Å². The van der Waals surface area contributed by atoms with Gasteiger partial charge in [-0.1, -0.05) is 30.2 Å². The number of rotatable bonds is 4. The minimum Gasteiger partial charge on any atom is -0.368 e. The molecule has 1 aliphatic heterocycles. The third-order valence-electron chi connectivity index (χ3n) is 4.77. The average Bonchev–Trinajstić information content (AvgIpc) is 3.19. The first-order valence-corrected chi connectivity index (χ1v) is 9.63. The second-order valence-corrected chi connectivity index (χ2v) is 7.66. The lowest BCUT2D eigenvalue weighted by Crippen LogP contribution is -2.47. The van der Waals surface area contributed by atoms with Gasteiger partial charge in [0.15, 0.2) is 4.96 Å². The number of imidazole rings is 1. The fourth-order valence-corrected chi connectivity index (χ4v) is 4.38. The van der Waals surface area contributed by atoms with Gasteiger partial charge in [-0.3, -0.25) is 14.1 Å². The number of aromatic nitrogens is 2. The Bertz CT molecular complexity index is 902. The highest BCUT2D eigenvalue weighted by atomic mass is 35.5. The number of nitrogens with zero attached hydrogens (tertiary/aromatic N) is 3. The van der Waals surface area contributed by atoms with Gasteiger partial charge in [-0.05, 0) is 31.5 Å². The highest BCUT2D eigenvalue weighted by molar-refractivity contribution is 7.15. The number of fused-ring (bicyclic) bond motifs is 1. The van der Waals surface area contributed by atoms with Crippen molar-refractivity contribution < 1.29 is 4.79 Å². The van der Waals surface area contributed by atoms with E-state index in [-0.39, 0.29) is 11.9 Å². The van der Waals surface area contributed by atoms with Crippen molar-refractivity contribution in [1.29, 1.82) is 0 Å². The SMILES string of the molecule is NC(=O)C1CCCCN1Cc1c(-c2ccc(Cl)cc2)nc2sccn12. The number of halogens is 1. The Hall–Kier alpha value is -1.89. The molecule has 1 aromatic carbocycles. The quantitative estimate of drug-likeness (QED) is 0.759. The highest BCUT2D eigenvalue weighted by Crippen LogP contribution is 2.30. The maximum Gasteiger partial charge on any atom is 0.234 e. The van der Waals surface area contributed by atoms with Gasteiger partial charge in [0.2, 0.25) is 5.91 Å². The molecule has 1 unspecified atom stereocenters. The molecule has 1 amide bonds. The van der Waals surface area contributed by atoms with Crippen LogP contribution in [-0.2, 0) is 11.3 Å². The Balaban J connectivity index is 1.75. The van der Waals surface area contributed by atoms with Gasteiger partial charge in [0.25, 0.3) is 0 Å². The summed E-state index contributed by atoms with van der Waals surface area (Å²) in [5.74, 6) is -0.237. The largest absolute Gasteiger partial charge is 0.368 e. The van der Waals surface area contributed by atoms with Crippen molar-refractivity contribution in [2.45, 2.75) is 31.8 Å². The molecule has 130 valence electrons. The van der Waals surface area contributed by atoms with Crippen LogP contribution < -0.4 is 5.73 Å². The molecule has 1 atom stereocenters. The normalized spacial score (nSPS) is 18.7. The van der Waals surface area contributed by atoms with Crippen molar-refractivity contribution in [2.24, 2.45) is 5.73 Å². The second kappa shape index (κ2) is 6.78. The molecule has 4 rings (SSSR count). The predicted octanol–water partition coefficient (Wildman–Crippen LogP) is 3.56. The zero-order valence-corrected chi connectivity index (χ0v) is 15.3. The topological polar surface area (TPSA) is 63.6 Å². The smallest absolute Gasteiger partial charge is 0.234 e. The molecule has 1 aliphatic rings. The Morgan fingerprint density at radius 3 is 2.88 bits per heavy atom. The number of carbonyl (C=O) groups is 1. The Morgan fingerprint density at radius 1 is 1.32 bits per heavy atom. The Kier molecular flexibility index (Phi) is 4.50. The van der Waals surface area contributed by atoms with E-state index in [1.54, 1.807) is 11.3 Å². The molecule has 5 nitrogen and oxygen atoms in total. The van der Waals surface area contributed by atoms with E-state index in [9.17, 15) is 4.79 Å². The number of carbonyl (C=O) groups excluding carboxylic acids is 1. The number of primary amides is 1. The lowest BCUT2D eigenvalue weighted by Gasteiger charge is -2.33. The molecule has 2 N–H and O–H groups in total. The molecule has 0 saturated carbocycles. The van der Waals surface area contributed by atoms with Crippen LogP contribution in [0.5, 0.6) is 0 Å². The van der Waals surface area contributed by atoms with Crippen molar-refractivity contribution >= 4 is 33.8 Å². The van der Waals surface area contributed by atoms with Gasteiger partial charge in [-0.25, -0.2) is 4.98 Å². The first-order chi connectivity index (χ1) is 12.1. The van der Waals surface area contributed by atoms with Crippen LogP contribution in [0.3, 0.4) is 0 Å².